The first kappa shape index (κ1) is 16.6. The molecule has 0 saturated heterocycles. The molecule has 3 N–H and O–H groups in total. The van der Waals surface area contributed by atoms with Crippen molar-refractivity contribution in [1.82, 2.24) is 5.01 Å². The number of methoxy groups -OCH3 is 1. The van der Waals surface area contributed by atoms with Crippen LogP contribution in [0.3, 0.4) is 0 Å². The number of guanidine groups is 1. The number of nitrogens with one attached hydrogen (secondary N) is 1. The third-order valence-corrected chi connectivity index (χ3v) is 4.38. The van der Waals surface area contributed by atoms with Crippen LogP contribution in [0.2, 0.25) is 5.02 Å². The van der Waals surface area contributed by atoms with Gasteiger partial charge in [0, 0.05) is 11.0 Å². The van der Waals surface area contributed by atoms with Crippen LogP contribution in [0.1, 0.15) is 38.7 Å². The number of hydrogen-bond acceptors (Lipinski definition) is 3. The number of unbranched alkanes of at least 4 members (excludes halogenated alkanes) is 1. The number of rotatable bonds is 5. The van der Waals surface area contributed by atoms with Gasteiger partial charge in [0.1, 0.15) is 5.75 Å². The Morgan fingerprint density at radius 2 is 2.27 bits per heavy atom. The van der Waals surface area contributed by atoms with Gasteiger partial charge in [-0.25, -0.2) is 5.01 Å². The summed E-state index contributed by atoms with van der Waals surface area (Å²) >= 11 is 6.24. The molecule has 120 valence electrons. The Morgan fingerprint density at radius 1 is 1.55 bits per heavy atom. The first-order valence-corrected chi connectivity index (χ1v) is 7.84. The molecule has 0 bridgehead atoms. The molecule has 2 rings (SSSR count). The van der Waals surface area contributed by atoms with E-state index >= 15 is 0 Å². The normalized spacial score (nSPS) is 20.9. The molecule has 0 saturated carbocycles. The molecule has 6 heteroatoms. The number of hydrogen-bond donors (Lipinski definition) is 2. The molecule has 0 aromatic heterocycles. The summed E-state index contributed by atoms with van der Waals surface area (Å²) in [6.45, 7) is 4.93. The summed E-state index contributed by atoms with van der Waals surface area (Å²) in [5.41, 5.74) is 7.21. The van der Waals surface area contributed by atoms with Gasteiger partial charge in [0.15, 0.2) is 0 Å². The SMILES string of the molecule is CCCCC1(C)CN(C(=N)N)N=C1c1cccc(Cl)c1OC. The Hall–Kier alpha value is -1.75. The van der Waals surface area contributed by atoms with Gasteiger partial charge in [0.2, 0.25) is 5.96 Å². The van der Waals surface area contributed by atoms with Crippen molar-refractivity contribution in [2.24, 2.45) is 16.3 Å². The van der Waals surface area contributed by atoms with Crippen LogP contribution < -0.4 is 10.5 Å². The third-order valence-electron chi connectivity index (χ3n) is 4.08. The van der Waals surface area contributed by atoms with Gasteiger partial charge in [-0.3, -0.25) is 5.41 Å². The molecule has 1 unspecified atom stereocenters. The van der Waals surface area contributed by atoms with Crippen molar-refractivity contribution in [1.29, 1.82) is 5.41 Å². The molecule has 1 heterocycles. The highest BCUT2D eigenvalue weighted by atomic mass is 35.5. The monoisotopic (exact) mass is 322 g/mol. The van der Waals surface area contributed by atoms with Gasteiger partial charge >= 0.3 is 0 Å². The highest BCUT2D eigenvalue weighted by molar-refractivity contribution is 6.33. The fraction of sp³-hybridized carbons (Fsp3) is 0.500. The molecule has 22 heavy (non-hydrogen) atoms. The third kappa shape index (κ3) is 3.04. The molecule has 5 nitrogen and oxygen atoms in total. The first-order valence-electron chi connectivity index (χ1n) is 7.46. The van der Waals surface area contributed by atoms with E-state index in [1.165, 1.54) is 0 Å². The summed E-state index contributed by atoms with van der Waals surface area (Å²) in [4.78, 5) is 0. The highest BCUT2D eigenvalue weighted by Crippen LogP contribution is 2.40. The van der Waals surface area contributed by atoms with Crippen molar-refractivity contribution in [3.05, 3.63) is 28.8 Å². The van der Waals surface area contributed by atoms with E-state index in [9.17, 15) is 0 Å². The lowest BCUT2D eigenvalue weighted by molar-refractivity contribution is 0.332. The molecule has 1 aliphatic rings. The number of para-hydroxylation sites is 1. The molecular weight excluding hydrogens is 300 g/mol. The standard InChI is InChI=1S/C16H23ClN4O/c1-4-5-9-16(2)10-21(15(18)19)20-14(16)11-7-6-8-12(17)13(11)22-3/h6-8H,4-5,9-10H2,1-3H3,(H3,18,19). The predicted octanol–water partition coefficient (Wildman–Crippen LogP) is 3.46. The Kier molecular flexibility index (Phi) is 4.96. The predicted molar refractivity (Wildman–Crippen MR) is 90.8 cm³/mol. The summed E-state index contributed by atoms with van der Waals surface area (Å²) < 4.78 is 5.47. The van der Waals surface area contributed by atoms with Crippen LogP contribution in [0.5, 0.6) is 5.75 Å². The molecule has 0 aliphatic carbocycles. The second kappa shape index (κ2) is 6.57. The minimum absolute atomic E-state index is 0.0429. The van der Waals surface area contributed by atoms with Crippen LogP contribution in [0.4, 0.5) is 0 Å². The zero-order valence-electron chi connectivity index (χ0n) is 13.3. The van der Waals surface area contributed by atoms with E-state index in [0.29, 0.717) is 17.3 Å². The number of hydrazone groups is 1. The zero-order chi connectivity index (χ0) is 16.3. The van der Waals surface area contributed by atoms with Crippen LogP contribution in [-0.2, 0) is 0 Å². The van der Waals surface area contributed by atoms with Crippen molar-refractivity contribution in [2.45, 2.75) is 33.1 Å². The van der Waals surface area contributed by atoms with E-state index in [4.69, 9.17) is 27.5 Å². The van der Waals surface area contributed by atoms with Crippen molar-refractivity contribution in [3.8, 4) is 5.75 Å². The second-order valence-electron chi connectivity index (χ2n) is 5.88. The number of benzene rings is 1. The average Bonchev–Trinajstić information content (AvgIpc) is 2.83. The Labute approximate surface area is 136 Å². The maximum atomic E-state index is 7.68. The van der Waals surface area contributed by atoms with E-state index < -0.39 is 0 Å². The van der Waals surface area contributed by atoms with Gasteiger partial charge in [-0.15, -0.1) is 0 Å². The number of nitrogens with zero attached hydrogens (tertiary/aromatic N) is 2. The minimum atomic E-state index is -0.181. The van der Waals surface area contributed by atoms with E-state index in [0.717, 1.165) is 30.5 Å². The molecular formula is C16H23ClN4O. The summed E-state index contributed by atoms with van der Waals surface area (Å²) in [5, 5.41) is 14.4. The average molecular weight is 323 g/mol. The molecule has 0 radical (unpaired) electrons. The fourth-order valence-corrected chi connectivity index (χ4v) is 3.12. The highest BCUT2D eigenvalue weighted by Gasteiger charge is 2.40. The molecule has 0 fully saturated rings. The lowest BCUT2D eigenvalue weighted by Crippen LogP contribution is -2.36. The van der Waals surface area contributed by atoms with Gasteiger partial charge < -0.3 is 10.5 Å². The number of halogens is 1. The second-order valence-corrected chi connectivity index (χ2v) is 6.28. The van der Waals surface area contributed by atoms with Crippen molar-refractivity contribution < 1.29 is 4.74 Å². The Bertz CT molecular complexity index is 602. The van der Waals surface area contributed by atoms with Gasteiger partial charge in [-0.05, 0) is 18.6 Å². The van der Waals surface area contributed by atoms with Crippen molar-refractivity contribution in [2.75, 3.05) is 13.7 Å². The number of nitrogens with two attached hydrogens (primary N) is 1. The molecule has 1 aromatic rings. The van der Waals surface area contributed by atoms with Crippen molar-refractivity contribution in [3.63, 3.8) is 0 Å². The molecule has 1 atom stereocenters. The largest absolute Gasteiger partial charge is 0.494 e. The van der Waals surface area contributed by atoms with E-state index in [1.54, 1.807) is 18.2 Å². The maximum absolute atomic E-state index is 7.68. The van der Waals surface area contributed by atoms with Gasteiger partial charge in [-0.1, -0.05) is 44.4 Å². The van der Waals surface area contributed by atoms with Crippen molar-refractivity contribution >= 4 is 23.3 Å². The van der Waals surface area contributed by atoms with E-state index in [-0.39, 0.29) is 11.4 Å². The van der Waals surface area contributed by atoms with Crippen LogP contribution in [-0.4, -0.2) is 30.3 Å². The topological polar surface area (TPSA) is 74.7 Å². The molecule has 0 spiro atoms. The summed E-state index contributed by atoms with van der Waals surface area (Å²) in [5.74, 6) is 0.578. The Balaban J connectivity index is 2.50. The smallest absolute Gasteiger partial charge is 0.209 e. The molecule has 0 amide bonds. The first-order chi connectivity index (χ1) is 10.4. The summed E-state index contributed by atoms with van der Waals surface area (Å²) in [6, 6.07) is 5.64. The summed E-state index contributed by atoms with van der Waals surface area (Å²) in [6.07, 6.45) is 3.17. The fourth-order valence-electron chi connectivity index (χ4n) is 2.87. The van der Waals surface area contributed by atoms with Crippen LogP contribution in [0.15, 0.2) is 23.3 Å². The maximum Gasteiger partial charge on any atom is 0.209 e. The lowest BCUT2D eigenvalue weighted by Gasteiger charge is -2.27. The lowest BCUT2D eigenvalue weighted by atomic mass is 9.78. The number of ether oxygens (including phenoxy) is 1. The Morgan fingerprint density at radius 3 is 2.86 bits per heavy atom. The van der Waals surface area contributed by atoms with Gasteiger partial charge in [-0.2, -0.15) is 5.10 Å². The van der Waals surface area contributed by atoms with Gasteiger partial charge in [0.05, 0.1) is 24.4 Å². The van der Waals surface area contributed by atoms with Crippen LogP contribution in [0, 0.1) is 10.8 Å². The van der Waals surface area contributed by atoms with Gasteiger partial charge in [0.25, 0.3) is 0 Å². The minimum Gasteiger partial charge on any atom is -0.494 e. The van der Waals surface area contributed by atoms with E-state index in [1.807, 2.05) is 12.1 Å². The molecule has 1 aliphatic heterocycles. The molecule has 1 aromatic carbocycles. The quantitative estimate of drug-likeness (QED) is 0.644. The zero-order valence-corrected chi connectivity index (χ0v) is 14.1. The van der Waals surface area contributed by atoms with Crippen LogP contribution >= 0.6 is 11.6 Å². The van der Waals surface area contributed by atoms with Crippen LogP contribution in [0.25, 0.3) is 0 Å². The van der Waals surface area contributed by atoms with E-state index in [2.05, 4.69) is 18.9 Å². The summed E-state index contributed by atoms with van der Waals surface area (Å²) in [7, 11) is 1.60.